The number of aliphatic hydroxyl groups is 1. The maximum absolute atomic E-state index is 13.5. The summed E-state index contributed by atoms with van der Waals surface area (Å²) in [6.45, 7) is 3.80. The summed E-state index contributed by atoms with van der Waals surface area (Å²) in [4.78, 5) is 22.6. The van der Waals surface area contributed by atoms with Crippen molar-refractivity contribution in [3.8, 4) is 0 Å². The van der Waals surface area contributed by atoms with Gasteiger partial charge in [0, 0.05) is 24.4 Å². The molecule has 7 nitrogen and oxygen atoms in total. The van der Waals surface area contributed by atoms with Gasteiger partial charge in [0.15, 0.2) is 5.82 Å². The molecular weight excluding hydrogens is 449 g/mol. The highest BCUT2D eigenvalue weighted by atomic mass is 35.5. The van der Waals surface area contributed by atoms with Crippen LogP contribution >= 0.6 is 23.2 Å². The number of hydrogen-bond acceptors (Lipinski definition) is 5. The fourth-order valence-electron chi connectivity index (χ4n) is 3.85. The molecule has 32 heavy (non-hydrogen) atoms. The predicted molar refractivity (Wildman–Crippen MR) is 126 cm³/mol. The molecule has 2 atom stereocenters. The third-order valence-electron chi connectivity index (χ3n) is 5.49. The standard InChI is InChI=1S/C23H23Cl2N5O2/c1-13-6-3-4-7-18(13)27-22(32)20-14(2)26-23-28-19(8-5-11-31)29-30(23)21(20)15-9-10-16(24)17(25)12-15/h3-4,6-7,9-10,12,20-21,31H,5,8,11H2,1-2H3,(H,27,32). The van der Waals surface area contributed by atoms with E-state index in [1.165, 1.54) is 0 Å². The van der Waals surface area contributed by atoms with Gasteiger partial charge in [0.25, 0.3) is 0 Å². The van der Waals surface area contributed by atoms with Gasteiger partial charge in [-0.05, 0) is 49.6 Å². The van der Waals surface area contributed by atoms with E-state index >= 15 is 0 Å². The molecule has 1 amide bonds. The van der Waals surface area contributed by atoms with Crippen molar-refractivity contribution in [2.24, 2.45) is 10.9 Å². The minimum absolute atomic E-state index is 0.0455. The normalized spacial score (nSPS) is 17.6. The van der Waals surface area contributed by atoms with Gasteiger partial charge < -0.3 is 10.4 Å². The molecule has 166 valence electrons. The molecule has 1 aliphatic rings. The third-order valence-corrected chi connectivity index (χ3v) is 6.23. The fourth-order valence-corrected chi connectivity index (χ4v) is 4.15. The molecule has 0 radical (unpaired) electrons. The number of nitrogens with one attached hydrogen (secondary N) is 1. The number of amides is 1. The number of aryl methyl sites for hydroxylation is 2. The highest BCUT2D eigenvalue weighted by molar-refractivity contribution is 6.42. The minimum atomic E-state index is -0.633. The summed E-state index contributed by atoms with van der Waals surface area (Å²) in [7, 11) is 0. The van der Waals surface area contributed by atoms with Crippen LogP contribution in [0.3, 0.4) is 0 Å². The molecule has 0 bridgehead atoms. The number of carbonyl (C=O) groups excluding carboxylic acids is 1. The lowest BCUT2D eigenvalue weighted by Gasteiger charge is -2.30. The summed E-state index contributed by atoms with van der Waals surface area (Å²) in [5, 5.41) is 17.6. The molecule has 2 unspecified atom stereocenters. The summed E-state index contributed by atoms with van der Waals surface area (Å²) in [5.74, 6) is 0.156. The van der Waals surface area contributed by atoms with Crippen LogP contribution in [0.25, 0.3) is 0 Å². The van der Waals surface area contributed by atoms with Crippen molar-refractivity contribution in [2.45, 2.75) is 32.7 Å². The van der Waals surface area contributed by atoms with Crippen molar-refractivity contribution in [3.63, 3.8) is 0 Å². The van der Waals surface area contributed by atoms with Crippen LogP contribution in [-0.4, -0.2) is 38.1 Å². The summed E-state index contributed by atoms with van der Waals surface area (Å²) in [5.41, 5.74) is 3.11. The van der Waals surface area contributed by atoms with E-state index in [0.717, 1.165) is 16.8 Å². The Bertz CT molecular complexity index is 1190. The van der Waals surface area contributed by atoms with Crippen LogP contribution in [0.2, 0.25) is 10.0 Å². The highest BCUT2D eigenvalue weighted by Crippen LogP contribution is 2.38. The Hall–Kier alpha value is -2.74. The van der Waals surface area contributed by atoms with Crippen LogP contribution < -0.4 is 5.32 Å². The zero-order chi connectivity index (χ0) is 22.8. The molecule has 0 fully saturated rings. The monoisotopic (exact) mass is 471 g/mol. The molecular formula is C23H23Cl2N5O2. The first kappa shape index (κ1) is 22.5. The minimum Gasteiger partial charge on any atom is -0.396 e. The fraction of sp³-hybridized carbons (Fsp3) is 0.304. The van der Waals surface area contributed by atoms with E-state index < -0.39 is 12.0 Å². The number of rotatable bonds is 6. The van der Waals surface area contributed by atoms with Crippen molar-refractivity contribution in [3.05, 3.63) is 69.5 Å². The highest BCUT2D eigenvalue weighted by Gasteiger charge is 2.39. The average Bonchev–Trinajstić information content (AvgIpc) is 3.17. The van der Waals surface area contributed by atoms with Crippen LogP contribution in [0.5, 0.6) is 0 Å². The van der Waals surface area contributed by atoms with E-state index in [9.17, 15) is 4.79 Å². The first-order chi connectivity index (χ1) is 15.4. The van der Waals surface area contributed by atoms with E-state index in [1.54, 1.807) is 16.8 Å². The number of aliphatic imine (C=N–C) groups is 1. The lowest BCUT2D eigenvalue weighted by Crippen LogP contribution is -2.39. The summed E-state index contributed by atoms with van der Waals surface area (Å²) in [6.07, 6.45) is 1.06. The third kappa shape index (κ3) is 4.41. The molecule has 0 aliphatic carbocycles. The van der Waals surface area contributed by atoms with Gasteiger partial charge in [0.1, 0.15) is 5.92 Å². The van der Waals surface area contributed by atoms with Crippen molar-refractivity contribution in [1.29, 1.82) is 0 Å². The number of benzene rings is 2. The van der Waals surface area contributed by atoms with Crippen LogP contribution in [0.1, 0.15) is 36.3 Å². The van der Waals surface area contributed by atoms with Gasteiger partial charge >= 0.3 is 0 Å². The quantitative estimate of drug-likeness (QED) is 0.541. The Kier molecular flexibility index (Phi) is 6.60. The Morgan fingerprint density at radius 1 is 1.16 bits per heavy atom. The molecule has 0 spiro atoms. The second kappa shape index (κ2) is 9.40. The summed E-state index contributed by atoms with van der Waals surface area (Å²) >= 11 is 12.5. The number of fused-ring (bicyclic) bond motifs is 1. The van der Waals surface area contributed by atoms with E-state index in [-0.39, 0.29) is 12.5 Å². The number of anilines is 1. The number of para-hydroxylation sites is 1. The van der Waals surface area contributed by atoms with E-state index in [1.807, 2.05) is 44.2 Å². The van der Waals surface area contributed by atoms with Crippen molar-refractivity contribution < 1.29 is 9.90 Å². The second-order valence-corrected chi connectivity index (χ2v) is 8.57. The van der Waals surface area contributed by atoms with E-state index in [2.05, 4.69) is 20.4 Å². The Morgan fingerprint density at radius 3 is 2.66 bits per heavy atom. The Balaban J connectivity index is 1.78. The van der Waals surface area contributed by atoms with E-state index in [0.29, 0.717) is 40.4 Å². The van der Waals surface area contributed by atoms with Gasteiger partial charge in [0.05, 0.1) is 16.1 Å². The van der Waals surface area contributed by atoms with Gasteiger partial charge in [-0.15, -0.1) is 0 Å². The number of halogens is 2. The topological polar surface area (TPSA) is 92.4 Å². The van der Waals surface area contributed by atoms with Crippen LogP contribution in [-0.2, 0) is 11.2 Å². The van der Waals surface area contributed by atoms with Crippen LogP contribution in [0.4, 0.5) is 11.6 Å². The second-order valence-electron chi connectivity index (χ2n) is 7.75. The number of aliphatic hydroxyl groups excluding tert-OH is 1. The molecule has 2 aromatic carbocycles. The number of aromatic nitrogens is 3. The predicted octanol–water partition coefficient (Wildman–Crippen LogP) is 4.77. The lowest BCUT2D eigenvalue weighted by molar-refractivity contribution is -0.118. The molecule has 1 aromatic heterocycles. The number of hydrogen-bond donors (Lipinski definition) is 2. The molecule has 0 saturated heterocycles. The summed E-state index contributed by atoms with van der Waals surface area (Å²) in [6, 6.07) is 12.4. The van der Waals surface area contributed by atoms with Crippen LogP contribution in [0, 0.1) is 12.8 Å². The van der Waals surface area contributed by atoms with Crippen molar-refractivity contribution >= 4 is 46.5 Å². The smallest absolute Gasteiger partial charge is 0.248 e. The maximum Gasteiger partial charge on any atom is 0.248 e. The van der Waals surface area contributed by atoms with Gasteiger partial charge in [-0.25, -0.2) is 9.67 Å². The molecule has 1 aliphatic heterocycles. The van der Waals surface area contributed by atoms with Crippen LogP contribution in [0.15, 0.2) is 47.5 Å². The van der Waals surface area contributed by atoms with Crippen molar-refractivity contribution in [2.75, 3.05) is 11.9 Å². The molecule has 3 aromatic rings. The maximum atomic E-state index is 13.5. The summed E-state index contributed by atoms with van der Waals surface area (Å²) < 4.78 is 1.67. The zero-order valence-electron chi connectivity index (χ0n) is 17.7. The largest absolute Gasteiger partial charge is 0.396 e. The number of nitrogens with zero attached hydrogens (tertiary/aromatic N) is 4. The average molecular weight is 472 g/mol. The first-order valence-electron chi connectivity index (χ1n) is 10.3. The van der Waals surface area contributed by atoms with Gasteiger partial charge in [-0.2, -0.15) is 10.1 Å². The van der Waals surface area contributed by atoms with Gasteiger partial charge in [-0.1, -0.05) is 47.5 Å². The number of carbonyl (C=O) groups is 1. The molecule has 2 heterocycles. The first-order valence-corrected chi connectivity index (χ1v) is 11.1. The SMILES string of the molecule is CC1=Nc2nc(CCCO)nn2C(c2ccc(Cl)c(Cl)c2)C1C(=O)Nc1ccccc1C. The molecule has 2 N–H and O–H groups in total. The Labute approximate surface area is 196 Å². The molecule has 9 heteroatoms. The molecule has 4 rings (SSSR count). The molecule has 0 saturated carbocycles. The Morgan fingerprint density at radius 2 is 1.94 bits per heavy atom. The lowest BCUT2D eigenvalue weighted by atomic mass is 9.87. The van der Waals surface area contributed by atoms with Crippen molar-refractivity contribution in [1.82, 2.24) is 14.8 Å². The zero-order valence-corrected chi connectivity index (χ0v) is 19.2. The van der Waals surface area contributed by atoms with Gasteiger partial charge in [0.2, 0.25) is 11.9 Å². The van der Waals surface area contributed by atoms with Gasteiger partial charge in [-0.3, -0.25) is 4.79 Å². The van der Waals surface area contributed by atoms with E-state index in [4.69, 9.17) is 28.3 Å².